The highest BCUT2D eigenvalue weighted by molar-refractivity contribution is 9.10. The third-order valence-electron chi connectivity index (χ3n) is 2.96. The molecular weight excluding hydrogens is 341 g/mol. The van der Waals surface area contributed by atoms with Crippen LogP contribution in [0.4, 0.5) is 15.9 Å². The fraction of sp³-hybridized carbons (Fsp3) is 0.214. The largest absolute Gasteiger partial charge is 0.370 e. The molecule has 1 N–H and O–H groups in total. The van der Waals surface area contributed by atoms with Gasteiger partial charge in [0.2, 0.25) is 0 Å². The van der Waals surface area contributed by atoms with E-state index in [1.165, 1.54) is 18.3 Å². The molecule has 1 heterocycles. The maximum Gasteiger partial charge on any atom is 0.287 e. The van der Waals surface area contributed by atoms with E-state index >= 15 is 0 Å². The normalized spacial score (nSPS) is 10.4. The van der Waals surface area contributed by atoms with E-state index in [1.54, 1.807) is 19.1 Å². The van der Waals surface area contributed by atoms with Crippen molar-refractivity contribution in [2.75, 3.05) is 11.9 Å². The van der Waals surface area contributed by atoms with Crippen LogP contribution >= 0.6 is 15.9 Å². The molecule has 21 heavy (non-hydrogen) atoms. The summed E-state index contributed by atoms with van der Waals surface area (Å²) < 4.78 is 13.5. The van der Waals surface area contributed by atoms with Crippen molar-refractivity contribution in [3.05, 3.63) is 62.0 Å². The number of aryl methyl sites for hydroxylation is 1. The van der Waals surface area contributed by atoms with Crippen molar-refractivity contribution >= 4 is 27.4 Å². The van der Waals surface area contributed by atoms with Crippen molar-refractivity contribution in [1.82, 2.24) is 4.98 Å². The van der Waals surface area contributed by atoms with E-state index in [0.717, 1.165) is 5.56 Å². The summed E-state index contributed by atoms with van der Waals surface area (Å²) in [5.74, 6) is 0.321. The van der Waals surface area contributed by atoms with Crippen molar-refractivity contribution in [3.8, 4) is 0 Å². The molecule has 1 aromatic heterocycles. The molecule has 0 unspecified atom stereocenters. The Morgan fingerprint density at radius 3 is 2.81 bits per heavy atom. The number of aromatic nitrogens is 1. The maximum atomic E-state index is 13.1. The molecule has 0 spiro atoms. The molecule has 0 saturated carbocycles. The van der Waals surface area contributed by atoms with E-state index in [0.29, 0.717) is 28.8 Å². The predicted octanol–water partition coefficient (Wildman–Crippen LogP) is 3.85. The number of anilines is 1. The average molecular weight is 354 g/mol. The fourth-order valence-electron chi connectivity index (χ4n) is 1.87. The number of halogens is 2. The first-order valence-corrected chi connectivity index (χ1v) is 7.05. The molecule has 0 aliphatic rings. The van der Waals surface area contributed by atoms with Crippen molar-refractivity contribution < 1.29 is 9.31 Å². The van der Waals surface area contributed by atoms with Gasteiger partial charge in [0.05, 0.1) is 9.40 Å². The van der Waals surface area contributed by atoms with E-state index in [1.807, 2.05) is 0 Å². The number of nitrogens with zero attached hydrogens (tertiary/aromatic N) is 2. The molecule has 0 radical (unpaired) electrons. The second-order valence-electron chi connectivity index (χ2n) is 4.54. The highest BCUT2D eigenvalue weighted by Crippen LogP contribution is 2.19. The van der Waals surface area contributed by atoms with Gasteiger partial charge in [-0.15, -0.1) is 0 Å². The molecule has 2 aromatic rings. The van der Waals surface area contributed by atoms with Crippen LogP contribution in [0.1, 0.15) is 11.1 Å². The van der Waals surface area contributed by atoms with Gasteiger partial charge in [-0.25, -0.2) is 9.37 Å². The van der Waals surface area contributed by atoms with E-state index < -0.39 is 4.92 Å². The Balaban J connectivity index is 1.97. The van der Waals surface area contributed by atoms with Crippen molar-refractivity contribution in [1.29, 1.82) is 0 Å². The van der Waals surface area contributed by atoms with Crippen LogP contribution in [0, 0.1) is 22.9 Å². The van der Waals surface area contributed by atoms with Crippen LogP contribution in [-0.2, 0) is 6.42 Å². The Hall–Kier alpha value is -2.02. The zero-order valence-electron chi connectivity index (χ0n) is 11.3. The zero-order chi connectivity index (χ0) is 15.4. The standard InChI is InChI=1S/C14H13BrFN3O2/c1-9-6-11(19(20)21)8-18-14(9)17-5-4-10-2-3-13(16)12(15)7-10/h2-3,6-8H,4-5H2,1H3,(H,17,18). The highest BCUT2D eigenvalue weighted by Gasteiger charge is 2.09. The van der Waals surface area contributed by atoms with Gasteiger partial charge in [0.1, 0.15) is 17.8 Å². The van der Waals surface area contributed by atoms with Gasteiger partial charge in [-0.2, -0.15) is 0 Å². The van der Waals surface area contributed by atoms with Gasteiger partial charge in [0.25, 0.3) is 5.69 Å². The first-order chi connectivity index (χ1) is 9.97. The van der Waals surface area contributed by atoms with Crippen LogP contribution in [0.2, 0.25) is 0 Å². The number of benzene rings is 1. The van der Waals surface area contributed by atoms with Crippen molar-refractivity contribution in [2.45, 2.75) is 13.3 Å². The summed E-state index contributed by atoms with van der Waals surface area (Å²) in [6.45, 7) is 2.36. The third-order valence-corrected chi connectivity index (χ3v) is 3.57. The number of pyridine rings is 1. The van der Waals surface area contributed by atoms with Gasteiger partial charge in [-0.05, 0) is 52.5 Å². The summed E-state index contributed by atoms with van der Waals surface area (Å²) in [6, 6.07) is 6.34. The molecule has 0 aliphatic carbocycles. The highest BCUT2D eigenvalue weighted by atomic mass is 79.9. The molecular formula is C14H13BrFN3O2. The molecule has 0 atom stereocenters. The van der Waals surface area contributed by atoms with Gasteiger partial charge in [0, 0.05) is 12.6 Å². The summed E-state index contributed by atoms with van der Waals surface area (Å²) in [6.07, 6.45) is 1.92. The summed E-state index contributed by atoms with van der Waals surface area (Å²) in [4.78, 5) is 14.2. The second-order valence-corrected chi connectivity index (χ2v) is 5.40. The molecule has 5 nitrogen and oxygen atoms in total. The van der Waals surface area contributed by atoms with Gasteiger partial charge >= 0.3 is 0 Å². The SMILES string of the molecule is Cc1cc([N+](=O)[O-])cnc1NCCc1ccc(F)c(Br)c1. The summed E-state index contributed by atoms with van der Waals surface area (Å²) in [5, 5.41) is 13.8. The molecule has 0 bridgehead atoms. The lowest BCUT2D eigenvalue weighted by Crippen LogP contribution is -2.08. The molecule has 0 saturated heterocycles. The lowest BCUT2D eigenvalue weighted by Gasteiger charge is -2.08. The molecule has 1 aromatic carbocycles. The van der Waals surface area contributed by atoms with Crippen LogP contribution in [0.25, 0.3) is 0 Å². The second kappa shape index (κ2) is 6.62. The van der Waals surface area contributed by atoms with E-state index in [4.69, 9.17) is 0 Å². The van der Waals surface area contributed by atoms with E-state index in [-0.39, 0.29) is 11.5 Å². The smallest absolute Gasteiger partial charge is 0.287 e. The Bertz CT molecular complexity index is 679. The van der Waals surface area contributed by atoms with Crippen LogP contribution < -0.4 is 5.32 Å². The Morgan fingerprint density at radius 1 is 1.43 bits per heavy atom. The van der Waals surface area contributed by atoms with Crippen LogP contribution in [0.3, 0.4) is 0 Å². The van der Waals surface area contributed by atoms with Crippen LogP contribution in [0.5, 0.6) is 0 Å². The molecule has 2 rings (SSSR count). The van der Waals surface area contributed by atoms with Crippen molar-refractivity contribution in [3.63, 3.8) is 0 Å². The minimum atomic E-state index is -0.472. The number of hydrogen-bond acceptors (Lipinski definition) is 4. The summed E-state index contributed by atoms with van der Waals surface area (Å²) >= 11 is 3.14. The van der Waals surface area contributed by atoms with Gasteiger partial charge in [-0.3, -0.25) is 10.1 Å². The maximum absolute atomic E-state index is 13.1. The lowest BCUT2D eigenvalue weighted by atomic mass is 10.1. The molecule has 0 amide bonds. The molecule has 7 heteroatoms. The first-order valence-electron chi connectivity index (χ1n) is 6.26. The quantitative estimate of drug-likeness (QED) is 0.654. The topological polar surface area (TPSA) is 68.1 Å². The van der Waals surface area contributed by atoms with Gasteiger partial charge in [0.15, 0.2) is 0 Å². The number of hydrogen-bond donors (Lipinski definition) is 1. The number of nitrogens with one attached hydrogen (secondary N) is 1. The first kappa shape index (κ1) is 15.4. The summed E-state index contributed by atoms with van der Waals surface area (Å²) in [5.41, 5.74) is 1.67. The zero-order valence-corrected chi connectivity index (χ0v) is 12.9. The van der Waals surface area contributed by atoms with Gasteiger partial charge in [-0.1, -0.05) is 6.07 Å². The van der Waals surface area contributed by atoms with E-state index in [2.05, 4.69) is 26.2 Å². The summed E-state index contributed by atoms with van der Waals surface area (Å²) in [7, 11) is 0. The average Bonchev–Trinajstić information content (AvgIpc) is 2.44. The number of nitro groups is 1. The molecule has 110 valence electrons. The van der Waals surface area contributed by atoms with Crippen LogP contribution in [-0.4, -0.2) is 16.5 Å². The lowest BCUT2D eigenvalue weighted by molar-refractivity contribution is -0.385. The Morgan fingerprint density at radius 2 is 2.19 bits per heavy atom. The van der Waals surface area contributed by atoms with Crippen molar-refractivity contribution in [2.24, 2.45) is 0 Å². The Labute approximate surface area is 129 Å². The minimum Gasteiger partial charge on any atom is -0.370 e. The van der Waals surface area contributed by atoms with E-state index in [9.17, 15) is 14.5 Å². The monoisotopic (exact) mass is 353 g/mol. The fourth-order valence-corrected chi connectivity index (χ4v) is 2.29. The molecule has 0 aliphatic heterocycles. The predicted molar refractivity (Wildman–Crippen MR) is 81.9 cm³/mol. The number of rotatable bonds is 5. The molecule has 0 fully saturated rings. The minimum absolute atomic E-state index is 0.0273. The van der Waals surface area contributed by atoms with Crippen LogP contribution in [0.15, 0.2) is 34.9 Å². The third kappa shape index (κ3) is 3.98. The van der Waals surface area contributed by atoms with Gasteiger partial charge < -0.3 is 5.32 Å². The Kier molecular flexibility index (Phi) is 4.85.